The number of carbonyl (C=O) groups excluding carboxylic acids is 2. The molecule has 1 aliphatic heterocycles. The molecule has 1 unspecified atom stereocenters. The van der Waals surface area contributed by atoms with Gasteiger partial charge in [-0.05, 0) is 138 Å². The third kappa shape index (κ3) is 34.3. The molecular formula is C47H84N2O5. The molecule has 0 bridgehead atoms. The summed E-state index contributed by atoms with van der Waals surface area (Å²) in [7, 11) is 6.02. The Balaban J connectivity index is 2.49. The van der Waals surface area contributed by atoms with E-state index in [1.165, 1.54) is 64.2 Å². The maximum absolute atomic E-state index is 12.7. The molecular weight excluding hydrogens is 673 g/mol. The van der Waals surface area contributed by atoms with E-state index in [-0.39, 0.29) is 18.0 Å². The Kier molecular flexibility index (Phi) is 32.5. The Morgan fingerprint density at radius 2 is 1.11 bits per heavy atom. The van der Waals surface area contributed by atoms with Crippen molar-refractivity contribution in [2.45, 2.75) is 192 Å². The predicted molar refractivity (Wildman–Crippen MR) is 229 cm³/mol. The highest BCUT2D eigenvalue weighted by molar-refractivity contribution is 5.71. The number of ether oxygens (including phenoxy) is 3. The molecule has 1 heterocycles. The molecule has 1 rings (SSSR count). The summed E-state index contributed by atoms with van der Waals surface area (Å²) in [6.45, 7) is 6.44. The van der Waals surface area contributed by atoms with Crippen molar-refractivity contribution in [3.63, 3.8) is 0 Å². The van der Waals surface area contributed by atoms with Crippen LogP contribution in [0.1, 0.15) is 181 Å². The van der Waals surface area contributed by atoms with Crippen LogP contribution < -0.4 is 0 Å². The number of hydrogen-bond donors (Lipinski definition) is 0. The molecule has 0 aromatic carbocycles. The van der Waals surface area contributed by atoms with Crippen LogP contribution in [-0.2, 0) is 23.8 Å². The molecule has 0 amide bonds. The molecule has 0 saturated carbocycles. The van der Waals surface area contributed by atoms with Crippen LogP contribution in [0.25, 0.3) is 0 Å². The van der Waals surface area contributed by atoms with Gasteiger partial charge in [0, 0.05) is 19.4 Å². The Labute approximate surface area is 333 Å². The van der Waals surface area contributed by atoms with E-state index in [2.05, 4.69) is 53.5 Å². The van der Waals surface area contributed by atoms with E-state index in [9.17, 15) is 9.59 Å². The second-order valence-corrected chi connectivity index (χ2v) is 16.4. The molecule has 0 fully saturated rings. The monoisotopic (exact) mass is 757 g/mol. The fourth-order valence-electron chi connectivity index (χ4n) is 6.76. The lowest BCUT2D eigenvalue weighted by molar-refractivity contribution is -0.158. The fraction of sp³-hybridized carbons (Fsp3) is 0.787. The van der Waals surface area contributed by atoms with Crippen molar-refractivity contribution in [1.29, 1.82) is 0 Å². The van der Waals surface area contributed by atoms with Gasteiger partial charge in [0.25, 0.3) is 0 Å². The number of nitrogens with zero attached hydrogens (tertiary/aromatic N) is 2. The van der Waals surface area contributed by atoms with Crippen LogP contribution in [-0.4, -0.2) is 81.0 Å². The first-order valence-corrected chi connectivity index (χ1v) is 22.1. The topological polar surface area (TPSA) is 68.3 Å². The van der Waals surface area contributed by atoms with E-state index in [0.717, 1.165) is 110 Å². The van der Waals surface area contributed by atoms with E-state index < -0.39 is 5.60 Å². The third-order valence-electron chi connectivity index (χ3n) is 9.88. The van der Waals surface area contributed by atoms with Crippen molar-refractivity contribution in [3.8, 4) is 0 Å². The second kappa shape index (κ2) is 35.2. The molecule has 0 aromatic rings. The fourth-order valence-corrected chi connectivity index (χ4v) is 6.76. The van der Waals surface area contributed by atoms with Crippen LogP contribution in [0.4, 0.5) is 0 Å². The minimum atomic E-state index is -0.487. The largest absolute Gasteiger partial charge is 0.461 e. The van der Waals surface area contributed by atoms with Gasteiger partial charge in [-0.25, -0.2) is 0 Å². The van der Waals surface area contributed by atoms with Crippen LogP contribution in [0.2, 0.25) is 0 Å². The number of allylic oxidation sites excluding steroid dienone is 8. The molecule has 1 aliphatic rings. The Hall–Kier alpha value is -2.22. The lowest BCUT2D eigenvalue weighted by Gasteiger charge is -2.25. The molecule has 7 heteroatoms. The number of likely N-dealkylation sites (N-methyl/N-ethyl adjacent to an activating group) is 1. The average molecular weight is 757 g/mol. The molecule has 54 heavy (non-hydrogen) atoms. The third-order valence-corrected chi connectivity index (χ3v) is 9.88. The van der Waals surface area contributed by atoms with E-state index in [1.54, 1.807) is 0 Å². The normalized spacial score (nSPS) is 22.3. The van der Waals surface area contributed by atoms with Gasteiger partial charge in [-0.15, -0.1) is 0 Å². The lowest BCUT2D eigenvalue weighted by Crippen LogP contribution is -2.36. The SMILES string of the molecule is CN(C)CN(C)CC(=O)OC1CCCCCCCCC=CCC=CCCCCOCCC(C)(C)OC(=O)CCCCC=CCC=CCCCCCCCC1. The van der Waals surface area contributed by atoms with Gasteiger partial charge in [-0.2, -0.15) is 0 Å². The maximum atomic E-state index is 12.7. The molecule has 0 aromatic heterocycles. The van der Waals surface area contributed by atoms with Crippen molar-refractivity contribution in [3.05, 3.63) is 48.6 Å². The standard InChI is InChI=1S/C47H84N2O5/c1-47(2)39-41-52-40-35-31-27-23-19-15-11-7-9-13-17-21-25-29-33-37-44(53-46(51)42-49(5)43-48(3)4)36-32-28-24-20-16-12-8-6-10-14-18-22-26-30-34-38-45(50)54-47/h6-7,10-11,18-19,22-23,44H,8-9,12-17,20-21,24-43H2,1-5H3. The van der Waals surface area contributed by atoms with E-state index in [4.69, 9.17) is 14.2 Å². The van der Waals surface area contributed by atoms with Gasteiger partial charge in [-0.3, -0.25) is 19.4 Å². The minimum Gasteiger partial charge on any atom is -0.461 e. The summed E-state index contributed by atoms with van der Waals surface area (Å²) < 4.78 is 17.6. The van der Waals surface area contributed by atoms with E-state index in [1.807, 2.05) is 39.9 Å². The van der Waals surface area contributed by atoms with Crippen LogP contribution in [0, 0.1) is 0 Å². The number of rotatable bonds is 5. The first-order valence-electron chi connectivity index (χ1n) is 22.1. The van der Waals surface area contributed by atoms with Gasteiger partial charge in [0.05, 0.1) is 19.8 Å². The van der Waals surface area contributed by atoms with E-state index in [0.29, 0.717) is 19.6 Å². The Bertz CT molecular complexity index is 1020. The smallest absolute Gasteiger partial charge is 0.320 e. The first kappa shape index (κ1) is 49.8. The molecule has 7 nitrogen and oxygen atoms in total. The van der Waals surface area contributed by atoms with Crippen molar-refractivity contribution in [2.75, 3.05) is 47.6 Å². The quantitative estimate of drug-likeness (QED) is 0.157. The van der Waals surface area contributed by atoms with Crippen LogP contribution in [0.15, 0.2) is 48.6 Å². The summed E-state index contributed by atoms with van der Waals surface area (Å²) in [6, 6.07) is 0. The second-order valence-electron chi connectivity index (χ2n) is 16.4. The van der Waals surface area contributed by atoms with Gasteiger partial charge < -0.3 is 14.2 Å². The highest BCUT2D eigenvalue weighted by Gasteiger charge is 2.22. The number of hydrogen-bond acceptors (Lipinski definition) is 7. The molecule has 0 aliphatic carbocycles. The number of cyclic esters (lactones) is 1. The molecule has 312 valence electrons. The maximum Gasteiger partial charge on any atom is 0.320 e. The van der Waals surface area contributed by atoms with Gasteiger partial charge in [-0.1, -0.05) is 100.0 Å². The van der Waals surface area contributed by atoms with Crippen molar-refractivity contribution in [2.24, 2.45) is 0 Å². The summed E-state index contributed by atoms with van der Waals surface area (Å²) in [5.74, 6) is -0.189. The first-order chi connectivity index (χ1) is 26.2. The van der Waals surface area contributed by atoms with E-state index >= 15 is 0 Å². The zero-order valence-corrected chi connectivity index (χ0v) is 35.8. The number of carbonyl (C=O) groups is 2. The molecule has 0 saturated heterocycles. The minimum absolute atomic E-state index is 0.0497. The molecule has 0 spiro atoms. The van der Waals surface area contributed by atoms with Crippen molar-refractivity contribution >= 4 is 11.9 Å². The molecule has 0 radical (unpaired) electrons. The van der Waals surface area contributed by atoms with Crippen molar-refractivity contribution < 1.29 is 23.8 Å². The zero-order chi connectivity index (χ0) is 39.4. The summed E-state index contributed by atoms with van der Waals surface area (Å²) in [4.78, 5) is 29.2. The number of esters is 2. The zero-order valence-electron chi connectivity index (χ0n) is 35.8. The van der Waals surface area contributed by atoms with Crippen LogP contribution in [0.5, 0.6) is 0 Å². The molecule has 0 N–H and O–H groups in total. The van der Waals surface area contributed by atoms with Gasteiger partial charge in [0.2, 0.25) is 0 Å². The summed E-state index contributed by atoms with van der Waals surface area (Å²) in [6.07, 6.45) is 46.8. The average Bonchev–Trinajstić information content (AvgIpc) is 3.10. The summed E-state index contributed by atoms with van der Waals surface area (Å²) in [5.41, 5.74) is -0.487. The Morgan fingerprint density at radius 1 is 0.648 bits per heavy atom. The lowest BCUT2D eigenvalue weighted by atomic mass is 10.0. The van der Waals surface area contributed by atoms with Gasteiger partial charge in [0.15, 0.2) is 0 Å². The Morgan fingerprint density at radius 3 is 1.63 bits per heavy atom. The summed E-state index contributed by atoms with van der Waals surface area (Å²) >= 11 is 0. The van der Waals surface area contributed by atoms with Crippen LogP contribution >= 0.6 is 0 Å². The molecule has 1 atom stereocenters. The highest BCUT2D eigenvalue weighted by Crippen LogP contribution is 2.19. The summed E-state index contributed by atoms with van der Waals surface area (Å²) in [5, 5.41) is 0. The van der Waals surface area contributed by atoms with Crippen molar-refractivity contribution in [1.82, 2.24) is 9.80 Å². The van der Waals surface area contributed by atoms with Gasteiger partial charge in [0.1, 0.15) is 11.7 Å². The van der Waals surface area contributed by atoms with Gasteiger partial charge >= 0.3 is 11.9 Å². The highest BCUT2D eigenvalue weighted by atomic mass is 16.6. The van der Waals surface area contributed by atoms with Crippen LogP contribution in [0.3, 0.4) is 0 Å². The predicted octanol–water partition coefficient (Wildman–Crippen LogP) is 12.1.